The summed E-state index contributed by atoms with van der Waals surface area (Å²) in [4.78, 5) is 38.1. The number of rotatable bonds is 7. The Hall–Kier alpha value is -5.19. The van der Waals surface area contributed by atoms with Gasteiger partial charge in [-0.3, -0.25) is 24.9 Å². The quantitative estimate of drug-likeness (QED) is 0.340. The van der Waals surface area contributed by atoms with Gasteiger partial charge in [-0.15, -0.1) is 5.10 Å². The Balaban J connectivity index is 0.000000278. The van der Waals surface area contributed by atoms with Gasteiger partial charge in [-0.05, 0) is 55.3 Å². The van der Waals surface area contributed by atoms with Crippen molar-refractivity contribution >= 4 is 23.4 Å². The van der Waals surface area contributed by atoms with Crippen molar-refractivity contribution in [3.05, 3.63) is 96.8 Å². The molecule has 3 N–H and O–H groups in total. The molecule has 5 aromatic rings. The Morgan fingerprint density at radius 3 is 2.45 bits per heavy atom. The van der Waals surface area contributed by atoms with Crippen molar-refractivity contribution < 1.29 is 14.3 Å². The van der Waals surface area contributed by atoms with E-state index in [1.54, 1.807) is 16.9 Å². The van der Waals surface area contributed by atoms with Crippen molar-refractivity contribution in [1.29, 1.82) is 0 Å². The second-order valence-electron chi connectivity index (χ2n) is 8.51. The lowest BCUT2D eigenvalue weighted by Crippen LogP contribution is -2.14. The number of aromatic nitrogens is 6. The molecule has 1 fully saturated rings. The first kappa shape index (κ1) is 24.5. The highest BCUT2D eigenvalue weighted by Gasteiger charge is 2.30. The number of amides is 2. The van der Waals surface area contributed by atoms with Crippen LogP contribution >= 0.6 is 0 Å². The van der Waals surface area contributed by atoms with Gasteiger partial charge in [0.05, 0.1) is 11.9 Å². The lowest BCUT2D eigenvalue weighted by molar-refractivity contribution is -0.117. The van der Waals surface area contributed by atoms with Crippen LogP contribution < -0.4 is 15.8 Å². The number of hydrogen-bond donors (Lipinski definition) is 2. The number of anilines is 1. The number of pyridine rings is 2. The first-order chi connectivity index (χ1) is 18.6. The summed E-state index contributed by atoms with van der Waals surface area (Å²) in [6, 6.07) is 17.5. The smallest absolute Gasteiger partial charge is 0.268 e. The standard InChI is InChI=1S/C22H19N5O2.C5H5N3O/c28-21(17-6-7-17)25-22-24-20-5-1-4-19(27(20)26-22)16-8-10-18(11-9-16)29-14-15-3-2-12-23-13-15;6-5(9)4-3-7-1-2-8-4/h1-5,8-13,17H,6-7,14H2,(H,25,26,28);1-3H,(H2,6,9). The fraction of sp³-hybridized carbons (Fsp3) is 0.148. The van der Waals surface area contributed by atoms with Crippen LogP contribution in [0.2, 0.25) is 0 Å². The highest BCUT2D eigenvalue weighted by Crippen LogP contribution is 2.30. The minimum Gasteiger partial charge on any atom is -0.489 e. The molecule has 11 heteroatoms. The van der Waals surface area contributed by atoms with Crippen LogP contribution in [0.5, 0.6) is 5.75 Å². The Morgan fingerprint density at radius 1 is 0.974 bits per heavy atom. The Labute approximate surface area is 217 Å². The number of fused-ring (bicyclic) bond motifs is 1. The predicted octanol–water partition coefficient (Wildman–Crippen LogP) is 3.29. The van der Waals surface area contributed by atoms with Gasteiger partial charge in [0.2, 0.25) is 11.9 Å². The first-order valence-electron chi connectivity index (χ1n) is 11.9. The molecule has 38 heavy (non-hydrogen) atoms. The topological polar surface area (TPSA) is 150 Å². The van der Waals surface area contributed by atoms with E-state index in [9.17, 15) is 9.59 Å². The summed E-state index contributed by atoms with van der Waals surface area (Å²) < 4.78 is 7.57. The average Bonchev–Trinajstić information content (AvgIpc) is 3.73. The molecule has 0 atom stereocenters. The third-order valence-electron chi connectivity index (χ3n) is 5.64. The van der Waals surface area contributed by atoms with E-state index in [1.807, 2.05) is 54.6 Å². The van der Waals surface area contributed by atoms with E-state index in [2.05, 4.69) is 30.4 Å². The maximum atomic E-state index is 12.0. The number of nitrogens with one attached hydrogen (secondary N) is 1. The number of carbonyl (C=O) groups excluding carboxylic acids is 2. The summed E-state index contributed by atoms with van der Waals surface area (Å²) in [5.41, 5.74) is 8.64. The zero-order valence-corrected chi connectivity index (χ0v) is 20.3. The van der Waals surface area contributed by atoms with E-state index >= 15 is 0 Å². The number of carbonyl (C=O) groups is 2. The molecule has 190 valence electrons. The van der Waals surface area contributed by atoms with E-state index in [-0.39, 0.29) is 17.5 Å². The van der Waals surface area contributed by atoms with Gasteiger partial charge in [-0.25, -0.2) is 9.50 Å². The van der Waals surface area contributed by atoms with Crippen LogP contribution in [0.4, 0.5) is 5.95 Å². The van der Waals surface area contributed by atoms with Gasteiger partial charge in [0.25, 0.3) is 5.91 Å². The number of primary amides is 1. The largest absolute Gasteiger partial charge is 0.489 e. The summed E-state index contributed by atoms with van der Waals surface area (Å²) >= 11 is 0. The molecule has 0 aliphatic heterocycles. The average molecular weight is 509 g/mol. The summed E-state index contributed by atoms with van der Waals surface area (Å²) in [6.45, 7) is 0.468. The van der Waals surface area contributed by atoms with Crippen LogP contribution in [0.1, 0.15) is 28.9 Å². The summed E-state index contributed by atoms with van der Waals surface area (Å²) in [5, 5.41) is 7.28. The van der Waals surface area contributed by atoms with Gasteiger partial charge in [0.1, 0.15) is 18.1 Å². The fourth-order valence-corrected chi connectivity index (χ4v) is 3.53. The molecule has 1 aliphatic carbocycles. The number of nitrogens with zero attached hydrogens (tertiary/aromatic N) is 6. The van der Waals surface area contributed by atoms with Crippen molar-refractivity contribution in [1.82, 2.24) is 29.5 Å². The molecule has 0 spiro atoms. The van der Waals surface area contributed by atoms with Crippen molar-refractivity contribution in [2.45, 2.75) is 19.4 Å². The van der Waals surface area contributed by atoms with Crippen LogP contribution in [0.3, 0.4) is 0 Å². The molecule has 0 bridgehead atoms. The van der Waals surface area contributed by atoms with Gasteiger partial charge < -0.3 is 10.5 Å². The van der Waals surface area contributed by atoms with Gasteiger partial charge >= 0.3 is 0 Å². The lowest BCUT2D eigenvalue weighted by atomic mass is 10.1. The van der Waals surface area contributed by atoms with E-state index in [0.717, 1.165) is 35.4 Å². The lowest BCUT2D eigenvalue weighted by Gasteiger charge is -2.08. The van der Waals surface area contributed by atoms with Crippen LogP contribution in [0.15, 0.2) is 85.6 Å². The molecule has 0 saturated heterocycles. The van der Waals surface area contributed by atoms with Crippen LogP contribution in [-0.2, 0) is 11.4 Å². The second-order valence-corrected chi connectivity index (χ2v) is 8.51. The van der Waals surface area contributed by atoms with E-state index < -0.39 is 5.91 Å². The molecule has 4 aromatic heterocycles. The fourth-order valence-electron chi connectivity index (χ4n) is 3.53. The zero-order valence-electron chi connectivity index (χ0n) is 20.3. The third-order valence-corrected chi connectivity index (χ3v) is 5.64. The summed E-state index contributed by atoms with van der Waals surface area (Å²) in [5.74, 6) is 0.674. The van der Waals surface area contributed by atoms with Crippen LogP contribution in [0, 0.1) is 5.92 Å². The van der Waals surface area contributed by atoms with Gasteiger partial charge in [0.15, 0.2) is 5.65 Å². The molecule has 2 amide bonds. The molecule has 6 rings (SSSR count). The Morgan fingerprint density at radius 2 is 1.79 bits per heavy atom. The van der Waals surface area contributed by atoms with Gasteiger partial charge in [-0.1, -0.05) is 12.1 Å². The molecule has 1 saturated carbocycles. The van der Waals surface area contributed by atoms with Crippen molar-refractivity contribution in [3.8, 4) is 17.0 Å². The van der Waals surface area contributed by atoms with Gasteiger partial charge in [-0.2, -0.15) is 4.98 Å². The maximum absolute atomic E-state index is 12.0. The van der Waals surface area contributed by atoms with Crippen molar-refractivity contribution in [3.63, 3.8) is 0 Å². The predicted molar refractivity (Wildman–Crippen MR) is 139 cm³/mol. The van der Waals surface area contributed by atoms with Crippen LogP contribution in [0.25, 0.3) is 16.9 Å². The third kappa shape index (κ3) is 6.13. The molecule has 4 heterocycles. The molecular weight excluding hydrogens is 484 g/mol. The van der Waals surface area contributed by atoms with Crippen LogP contribution in [-0.4, -0.2) is 41.4 Å². The maximum Gasteiger partial charge on any atom is 0.268 e. The van der Waals surface area contributed by atoms with Crippen molar-refractivity contribution in [2.75, 3.05) is 5.32 Å². The number of nitrogens with two attached hydrogens (primary N) is 1. The number of hydrogen-bond acceptors (Lipinski definition) is 8. The molecule has 1 aliphatic rings. The highest BCUT2D eigenvalue weighted by atomic mass is 16.5. The Kier molecular flexibility index (Phi) is 7.25. The second kappa shape index (κ2) is 11.2. The zero-order chi connectivity index (χ0) is 26.3. The molecule has 1 aromatic carbocycles. The Bertz CT molecular complexity index is 1540. The monoisotopic (exact) mass is 508 g/mol. The number of benzene rings is 1. The normalized spacial score (nSPS) is 12.3. The van der Waals surface area contributed by atoms with Gasteiger partial charge in [0, 0.05) is 41.8 Å². The summed E-state index contributed by atoms with van der Waals surface area (Å²) in [7, 11) is 0. The minimum atomic E-state index is -0.553. The minimum absolute atomic E-state index is 0.00225. The summed E-state index contributed by atoms with van der Waals surface area (Å²) in [6.07, 6.45) is 9.64. The van der Waals surface area contributed by atoms with E-state index in [0.29, 0.717) is 18.2 Å². The molecule has 0 radical (unpaired) electrons. The van der Waals surface area contributed by atoms with E-state index in [4.69, 9.17) is 10.5 Å². The molecule has 11 nitrogen and oxygen atoms in total. The van der Waals surface area contributed by atoms with Crippen molar-refractivity contribution in [2.24, 2.45) is 11.7 Å². The SMILES string of the molecule is NC(=O)c1cnccn1.O=C(Nc1nc2cccc(-c3ccc(OCc4cccnc4)cc3)n2n1)C1CC1. The number of ether oxygens (including phenoxy) is 1. The van der Waals surface area contributed by atoms with E-state index in [1.165, 1.54) is 18.6 Å². The molecular formula is C27H24N8O3. The molecule has 0 unspecified atom stereocenters. The highest BCUT2D eigenvalue weighted by molar-refractivity contribution is 5.92. The first-order valence-corrected chi connectivity index (χ1v) is 11.9.